The molecule has 1 heterocycles. The van der Waals surface area contributed by atoms with Crippen molar-refractivity contribution in [1.82, 2.24) is 9.78 Å². The lowest BCUT2D eigenvalue weighted by Gasteiger charge is -2.42. The fourth-order valence-corrected chi connectivity index (χ4v) is 5.37. The SMILES string of the molecule is CC(C)C(/C=C1\C(=O)C(c2c(C(F)(F)F)[nH]n(C)c2=O)C1[O-])=[N+](CCOC(=O)CCCN(C)c1ccccc1)c1ccccc1. The molecular weight excluding hydrogens is 589 g/mol. The van der Waals surface area contributed by atoms with E-state index in [0.29, 0.717) is 29.0 Å². The molecule has 0 bridgehead atoms. The molecule has 1 N–H and O–H groups in total. The molecule has 2 unspecified atom stereocenters. The fourth-order valence-electron chi connectivity index (χ4n) is 5.37. The van der Waals surface area contributed by atoms with E-state index in [2.05, 4.69) is 4.90 Å². The summed E-state index contributed by atoms with van der Waals surface area (Å²) in [6.07, 6.45) is -4.58. The highest BCUT2D eigenvalue weighted by Gasteiger charge is 2.48. The number of allylic oxidation sites excluding steroid dienone is 1. The van der Waals surface area contributed by atoms with E-state index in [1.165, 1.54) is 6.08 Å². The number of rotatable bonds is 12. The standard InChI is InChI=1S/C33H37F3N4O5/c1-21(2)25(20-24-29(42)27(30(24)43)28-31(33(34,35)36)37-39(4)32(28)44)40(23-14-9-6-10-15-23)18-19-45-26(41)16-11-17-38(3)22-12-7-5-8-13-22/h5-10,12-15,20-21,27,29,37H,11,16-19H2,1-4H3/b24-20-,40-25?. The Morgan fingerprint density at radius 3 is 2.31 bits per heavy atom. The van der Waals surface area contributed by atoms with Gasteiger partial charge in [0.05, 0.1) is 5.56 Å². The summed E-state index contributed by atoms with van der Waals surface area (Å²) in [4.78, 5) is 40.2. The lowest BCUT2D eigenvalue weighted by atomic mass is 9.70. The molecule has 2 atom stereocenters. The average Bonchev–Trinajstić information content (AvgIpc) is 3.30. The van der Waals surface area contributed by atoms with Crippen LogP contribution in [0.4, 0.5) is 24.5 Å². The van der Waals surface area contributed by atoms with Crippen LogP contribution >= 0.6 is 0 Å². The molecule has 4 rings (SSSR count). The summed E-state index contributed by atoms with van der Waals surface area (Å²) in [7, 11) is 3.05. The van der Waals surface area contributed by atoms with E-state index in [9.17, 15) is 32.7 Å². The molecular formula is C33H37F3N4O5. The van der Waals surface area contributed by atoms with Crippen LogP contribution in [0.1, 0.15) is 43.9 Å². The number of benzene rings is 2. The number of aromatic nitrogens is 2. The van der Waals surface area contributed by atoms with Gasteiger partial charge in [-0.1, -0.05) is 56.3 Å². The zero-order chi connectivity index (χ0) is 32.9. The minimum absolute atomic E-state index is 0.0212. The summed E-state index contributed by atoms with van der Waals surface area (Å²) in [5.41, 5.74) is -1.22. The molecule has 2 aromatic carbocycles. The van der Waals surface area contributed by atoms with Crippen molar-refractivity contribution in [3.05, 3.63) is 93.9 Å². The lowest BCUT2D eigenvalue weighted by Crippen LogP contribution is -2.53. The van der Waals surface area contributed by atoms with E-state index in [4.69, 9.17) is 4.74 Å². The van der Waals surface area contributed by atoms with Gasteiger partial charge in [-0.15, -0.1) is 0 Å². The summed E-state index contributed by atoms with van der Waals surface area (Å²) >= 11 is 0. The van der Waals surface area contributed by atoms with E-state index in [-0.39, 0.29) is 37.0 Å². The molecule has 0 amide bonds. The molecule has 0 aliphatic heterocycles. The van der Waals surface area contributed by atoms with Crippen LogP contribution in [-0.2, 0) is 27.5 Å². The lowest BCUT2D eigenvalue weighted by molar-refractivity contribution is -0.445. The molecule has 1 aliphatic carbocycles. The maximum Gasteiger partial charge on any atom is 0.433 e. The number of nitrogens with one attached hydrogen (secondary N) is 1. The third-order valence-corrected chi connectivity index (χ3v) is 7.78. The number of ketones is 1. The normalized spacial score (nSPS) is 18.2. The summed E-state index contributed by atoms with van der Waals surface area (Å²) in [6, 6.07) is 18.9. The molecule has 240 valence electrons. The number of aromatic amines is 1. The number of aryl methyl sites for hydroxylation is 1. The largest absolute Gasteiger partial charge is 0.848 e. The zero-order valence-corrected chi connectivity index (χ0v) is 25.6. The second kappa shape index (κ2) is 14.1. The topological polar surface area (TPSA) is 110 Å². The first-order chi connectivity index (χ1) is 21.3. The highest BCUT2D eigenvalue weighted by atomic mass is 19.4. The number of alkyl halides is 3. The summed E-state index contributed by atoms with van der Waals surface area (Å²) in [6.45, 7) is 4.59. The van der Waals surface area contributed by atoms with Crippen LogP contribution in [0.5, 0.6) is 0 Å². The maximum atomic E-state index is 13.6. The van der Waals surface area contributed by atoms with Crippen molar-refractivity contribution >= 4 is 28.8 Å². The molecule has 1 saturated carbocycles. The van der Waals surface area contributed by atoms with Crippen molar-refractivity contribution in [2.24, 2.45) is 13.0 Å². The van der Waals surface area contributed by atoms with Crippen LogP contribution < -0.4 is 15.6 Å². The molecule has 45 heavy (non-hydrogen) atoms. The Bertz CT molecular complexity index is 1630. The van der Waals surface area contributed by atoms with Crippen LogP contribution in [-0.4, -0.2) is 64.7 Å². The number of carbonyl (C=O) groups is 2. The van der Waals surface area contributed by atoms with Gasteiger partial charge in [-0.25, -0.2) is 0 Å². The monoisotopic (exact) mass is 626 g/mol. The van der Waals surface area contributed by atoms with Gasteiger partial charge < -0.3 is 14.7 Å². The van der Waals surface area contributed by atoms with Crippen molar-refractivity contribution in [1.29, 1.82) is 0 Å². The minimum atomic E-state index is -4.94. The van der Waals surface area contributed by atoms with E-state index in [1.807, 2.05) is 91.2 Å². The van der Waals surface area contributed by atoms with Gasteiger partial charge in [-0.3, -0.25) is 24.2 Å². The van der Waals surface area contributed by atoms with Gasteiger partial charge in [0.1, 0.15) is 5.69 Å². The smallest absolute Gasteiger partial charge is 0.433 e. The predicted octanol–water partition coefficient (Wildman–Crippen LogP) is 3.95. The van der Waals surface area contributed by atoms with Gasteiger partial charge in [-0.05, 0) is 24.1 Å². The molecule has 0 saturated heterocycles. The number of H-pyrrole nitrogens is 1. The first-order valence-corrected chi connectivity index (χ1v) is 14.7. The van der Waals surface area contributed by atoms with Crippen molar-refractivity contribution in [3.63, 3.8) is 0 Å². The number of ether oxygens (including phenoxy) is 1. The number of nitrogens with zero attached hydrogens (tertiary/aromatic N) is 3. The fraction of sp³-hybridized carbons (Fsp3) is 0.394. The van der Waals surface area contributed by atoms with Crippen LogP contribution in [0.3, 0.4) is 0 Å². The van der Waals surface area contributed by atoms with Gasteiger partial charge >= 0.3 is 12.1 Å². The van der Waals surface area contributed by atoms with Gasteiger partial charge in [0.2, 0.25) is 5.69 Å². The van der Waals surface area contributed by atoms with Gasteiger partial charge in [0.15, 0.2) is 24.6 Å². The number of hydrogen-bond donors (Lipinski definition) is 1. The Morgan fingerprint density at radius 2 is 1.73 bits per heavy atom. The van der Waals surface area contributed by atoms with E-state index >= 15 is 0 Å². The average molecular weight is 627 g/mol. The number of hydrogen-bond acceptors (Lipinski definition) is 6. The third kappa shape index (κ3) is 7.62. The Balaban J connectivity index is 1.52. The first kappa shape index (κ1) is 33.4. The van der Waals surface area contributed by atoms with Crippen molar-refractivity contribution in [2.45, 2.75) is 44.9 Å². The first-order valence-electron chi connectivity index (χ1n) is 14.7. The summed E-state index contributed by atoms with van der Waals surface area (Å²) in [5.74, 6) is -3.17. The Hall–Kier alpha value is -4.45. The maximum absolute atomic E-state index is 13.6. The number of Topliss-reactive ketones (excluding diaryl/α,β-unsaturated/α-hetero) is 1. The molecule has 1 aliphatic rings. The summed E-state index contributed by atoms with van der Waals surface area (Å²) < 4.78 is 48.8. The second-order valence-electron chi connectivity index (χ2n) is 11.3. The third-order valence-electron chi connectivity index (χ3n) is 7.78. The minimum Gasteiger partial charge on any atom is -0.848 e. The molecule has 9 nitrogen and oxygen atoms in total. The van der Waals surface area contributed by atoms with Crippen LogP contribution in [0, 0.1) is 5.92 Å². The van der Waals surface area contributed by atoms with Gasteiger partial charge in [-0.2, -0.15) is 17.7 Å². The number of esters is 1. The van der Waals surface area contributed by atoms with Crippen LogP contribution in [0.25, 0.3) is 0 Å². The molecule has 1 aromatic heterocycles. The predicted molar refractivity (Wildman–Crippen MR) is 162 cm³/mol. The molecule has 12 heteroatoms. The number of anilines is 1. The number of halogens is 3. The Morgan fingerprint density at radius 1 is 1.11 bits per heavy atom. The van der Waals surface area contributed by atoms with E-state index in [1.54, 1.807) is 0 Å². The van der Waals surface area contributed by atoms with Crippen molar-refractivity contribution in [3.8, 4) is 0 Å². The molecule has 1 fully saturated rings. The Labute approximate surface area is 259 Å². The highest BCUT2D eigenvalue weighted by Crippen LogP contribution is 2.41. The van der Waals surface area contributed by atoms with Crippen molar-refractivity contribution < 1.29 is 37.2 Å². The quantitative estimate of drug-likeness (QED) is 0.141. The summed E-state index contributed by atoms with van der Waals surface area (Å²) in [5, 5.41) is 15.2. The second-order valence-corrected chi connectivity index (χ2v) is 11.3. The van der Waals surface area contributed by atoms with Gasteiger partial charge in [0, 0.05) is 62.8 Å². The van der Waals surface area contributed by atoms with Crippen LogP contribution in [0.2, 0.25) is 0 Å². The zero-order valence-electron chi connectivity index (χ0n) is 25.6. The molecule has 3 aromatic rings. The number of para-hydroxylation sites is 2. The highest BCUT2D eigenvalue weighted by molar-refractivity contribution is 6.13. The van der Waals surface area contributed by atoms with E-state index < -0.39 is 40.8 Å². The Kier molecular flexibility index (Phi) is 10.5. The van der Waals surface area contributed by atoms with Crippen molar-refractivity contribution in [2.75, 3.05) is 31.6 Å². The van der Waals surface area contributed by atoms with Gasteiger partial charge in [0.25, 0.3) is 5.56 Å². The number of carbonyl (C=O) groups excluding carboxylic acids is 2. The molecule has 0 spiro atoms. The van der Waals surface area contributed by atoms with E-state index in [0.717, 1.165) is 12.7 Å². The molecule has 0 radical (unpaired) electrons. The van der Waals surface area contributed by atoms with Crippen LogP contribution in [0.15, 0.2) is 77.1 Å².